The monoisotopic (exact) mass is 372 g/mol. The van der Waals surface area contributed by atoms with E-state index in [1.54, 1.807) is 48.5 Å². The quantitative estimate of drug-likeness (QED) is 0.432. The lowest BCUT2D eigenvalue weighted by Gasteiger charge is -2.15. The molecule has 0 heterocycles. The molecule has 140 valence electrons. The minimum absolute atomic E-state index is 0.101. The van der Waals surface area contributed by atoms with Crippen molar-refractivity contribution in [3.8, 4) is 0 Å². The molecule has 2 aromatic carbocycles. The van der Waals surface area contributed by atoms with E-state index in [9.17, 15) is 19.2 Å². The van der Waals surface area contributed by atoms with Crippen LogP contribution in [0.1, 0.15) is 15.9 Å². The number of benzene rings is 2. The fraction of sp³-hybridized carbons (Fsp3) is 0.158. The van der Waals surface area contributed by atoms with E-state index in [-0.39, 0.29) is 12.2 Å². The molecule has 8 heteroatoms. The van der Waals surface area contributed by atoms with Gasteiger partial charge in [-0.15, -0.1) is 0 Å². The molecule has 1 atom stereocenters. The third kappa shape index (κ3) is 5.96. The Bertz CT molecular complexity index is 801. The standard InChI is InChI=1S/C19H16O8/c1-24-19(23)27-18(22)15(26-16(20)14-10-6-3-7-11-14)17(21)25-12-13-8-4-2-5-9-13/h2-11,15H,12H2,1H3. The zero-order valence-electron chi connectivity index (χ0n) is 14.3. The van der Waals surface area contributed by atoms with Crippen LogP contribution in [0.2, 0.25) is 0 Å². The predicted molar refractivity (Wildman–Crippen MR) is 90.4 cm³/mol. The minimum Gasteiger partial charge on any atom is -0.458 e. The van der Waals surface area contributed by atoms with Gasteiger partial charge in [0, 0.05) is 0 Å². The van der Waals surface area contributed by atoms with Crippen LogP contribution in [-0.4, -0.2) is 37.3 Å². The van der Waals surface area contributed by atoms with Crippen molar-refractivity contribution in [1.29, 1.82) is 0 Å². The molecule has 0 saturated carbocycles. The largest absolute Gasteiger partial charge is 0.515 e. The van der Waals surface area contributed by atoms with Gasteiger partial charge in [0.2, 0.25) is 0 Å². The highest BCUT2D eigenvalue weighted by atomic mass is 16.7. The first-order chi connectivity index (χ1) is 13.0. The first-order valence-electron chi connectivity index (χ1n) is 7.77. The minimum atomic E-state index is -2.08. The summed E-state index contributed by atoms with van der Waals surface area (Å²) in [6.07, 6.45) is -3.43. The molecular weight excluding hydrogens is 356 g/mol. The van der Waals surface area contributed by atoms with Gasteiger partial charge < -0.3 is 18.9 Å². The highest BCUT2D eigenvalue weighted by Gasteiger charge is 2.36. The third-order valence-electron chi connectivity index (χ3n) is 3.24. The second kappa shape index (κ2) is 9.71. The zero-order chi connectivity index (χ0) is 19.6. The van der Waals surface area contributed by atoms with Gasteiger partial charge in [-0.25, -0.2) is 19.2 Å². The van der Waals surface area contributed by atoms with Gasteiger partial charge in [0.1, 0.15) is 6.61 Å². The highest BCUT2D eigenvalue weighted by Crippen LogP contribution is 2.09. The van der Waals surface area contributed by atoms with Crippen molar-refractivity contribution in [3.05, 3.63) is 71.8 Å². The van der Waals surface area contributed by atoms with Crippen LogP contribution in [0, 0.1) is 0 Å². The molecule has 0 saturated heterocycles. The predicted octanol–water partition coefficient (Wildman–Crippen LogP) is 2.27. The van der Waals surface area contributed by atoms with E-state index in [0.717, 1.165) is 7.11 Å². The van der Waals surface area contributed by atoms with Crippen LogP contribution >= 0.6 is 0 Å². The smallest absolute Gasteiger partial charge is 0.458 e. The first-order valence-corrected chi connectivity index (χ1v) is 7.77. The molecule has 0 aromatic heterocycles. The van der Waals surface area contributed by atoms with Crippen molar-refractivity contribution in [2.45, 2.75) is 12.7 Å². The van der Waals surface area contributed by atoms with Crippen molar-refractivity contribution >= 4 is 24.1 Å². The molecule has 0 fully saturated rings. The number of hydrogen-bond donors (Lipinski definition) is 0. The Balaban J connectivity index is 2.10. The summed E-state index contributed by atoms with van der Waals surface area (Å²) < 4.78 is 18.4. The lowest BCUT2D eigenvalue weighted by atomic mass is 10.2. The lowest BCUT2D eigenvalue weighted by Crippen LogP contribution is -2.38. The van der Waals surface area contributed by atoms with E-state index in [4.69, 9.17) is 9.47 Å². The number of esters is 3. The van der Waals surface area contributed by atoms with E-state index >= 15 is 0 Å². The molecule has 1 unspecified atom stereocenters. The molecule has 2 aromatic rings. The molecule has 0 N–H and O–H groups in total. The Morgan fingerprint density at radius 3 is 2.04 bits per heavy atom. The van der Waals surface area contributed by atoms with Crippen LogP contribution in [0.15, 0.2) is 60.7 Å². The Kier molecular flexibility index (Phi) is 7.07. The number of methoxy groups -OCH3 is 1. The number of rotatable bonds is 6. The van der Waals surface area contributed by atoms with Gasteiger partial charge in [0.05, 0.1) is 12.7 Å². The fourth-order valence-electron chi connectivity index (χ4n) is 1.92. The molecule has 0 amide bonds. The van der Waals surface area contributed by atoms with Gasteiger partial charge >= 0.3 is 24.1 Å². The van der Waals surface area contributed by atoms with Crippen LogP contribution in [-0.2, 0) is 35.1 Å². The van der Waals surface area contributed by atoms with E-state index in [1.165, 1.54) is 12.1 Å². The van der Waals surface area contributed by atoms with Crippen molar-refractivity contribution in [2.75, 3.05) is 7.11 Å². The highest BCUT2D eigenvalue weighted by molar-refractivity contribution is 6.04. The summed E-state index contributed by atoms with van der Waals surface area (Å²) in [5.41, 5.74) is 0.754. The van der Waals surface area contributed by atoms with Gasteiger partial charge in [-0.1, -0.05) is 48.5 Å². The van der Waals surface area contributed by atoms with E-state index in [1.807, 2.05) is 0 Å². The summed E-state index contributed by atoms with van der Waals surface area (Å²) in [6.45, 7) is -0.162. The molecule has 0 bridgehead atoms. The van der Waals surface area contributed by atoms with Gasteiger partial charge in [0.15, 0.2) is 0 Å². The molecule has 0 aliphatic heterocycles. The summed E-state index contributed by atoms with van der Waals surface area (Å²) in [4.78, 5) is 47.5. The topological polar surface area (TPSA) is 105 Å². The van der Waals surface area contributed by atoms with Gasteiger partial charge in [-0.3, -0.25) is 0 Å². The maximum Gasteiger partial charge on any atom is 0.515 e. The summed E-state index contributed by atoms with van der Waals surface area (Å²) in [6, 6.07) is 16.3. The molecule has 2 rings (SSSR count). The maximum absolute atomic E-state index is 12.2. The van der Waals surface area contributed by atoms with Gasteiger partial charge in [-0.05, 0) is 17.7 Å². The lowest BCUT2D eigenvalue weighted by molar-refractivity contribution is -0.167. The Labute approximate surface area is 154 Å². The van der Waals surface area contributed by atoms with Crippen LogP contribution in [0.4, 0.5) is 4.79 Å². The average molecular weight is 372 g/mol. The molecular formula is C19H16O8. The summed E-state index contributed by atoms with van der Waals surface area (Å²) in [7, 11) is 0.980. The summed E-state index contributed by atoms with van der Waals surface area (Å²) in [5.74, 6) is -3.57. The van der Waals surface area contributed by atoms with Crippen molar-refractivity contribution in [3.63, 3.8) is 0 Å². The number of hydrogen-bond acceptors (Lipinski definition) is 8. The van der Waals surface area contributed by atoms with E-state index < -0.39 is 30.2 Å². The van der Waals surface area contributed by atoms with Crippen LogP contribution < -0.4 is 0 Å². The molecule has 8 nitrogen and oxygen atoms in total. The SMILES string of the molecule is COC(=O)OC(=O)C(OC(=O)c1ccccc1)C(=O)OCc1ccccc1. The normalized spacial score (nSPS) is 11.0. The molecule has 0 radical (unpaired) electrons. The van der Waals surface area contributed by atoms with Crippen LogP contribution in [0.3, 0.4) is 0 Å². The first kappa shape index (κ1) is 19.6. The molecule has 0 aliphatic rings. The molecule has 0 aliphatic carbocycles. The average Bonchev–Trinajstić information content (AvgIpc) is 2.71. The summed E-state index contributed by atoms with van der Waals surface area (Å²) in [5, 5.41) is 0. The number of carbonyl (C=O) groups is 4. The van der Waals surface area contributed by atoms with Crippen molar-refractivity contribution < 1.29 is 38.1 Å². The zero-order valence-corrected chi connectivity index (χ0v) is 14.3. The maximum atomic E-state index is 12.2. The Morgan fingerprint density at radius 2 is 1.44 bits per heavy atom. The second-order valence-electron chi connectivity index (χ2n) is 5.12. The third-order valence-corrected chi connectivity index (χ3v) is 3.24. The Hall–Kier alpha value is -3.68. The Morgan fingerprint density at radius 1 is 0.852 bits per heavy atom. The van der Waals surface area contributed by atoms with Crippen LogP contribution in [0.5, 0.6) is 0 Å². The molecule has 0 spiro atoms. The van der Waals surface area contributed by atoms with E-state index in [0.29, 0.717) is 5.56 Å². The van der Waals surface area contributed by atoms with Gasteiger partial charge in [0.25, 0.3) is 6.10 Å². The van der Waals surface area contributed by atoms with Crippen LogP contribution in [0.25, 0.3) is 0 Å². The molecule has 27 heavy (non-hydrogen) atoms. The summed E-state index contributed by atoms with van der Waals surface area (Å²) >= 11 is 0. The number of carbonyl (C=O) groups excluding carboxylic acids is 4. The second-order valence-corrected chi connectivity index (χ2v) is 5.12. The number of ether oxygens (including phenoxy) is 4. The fourth-order valence-corrected chi connectivity index (χ4v) is 1.92. The van der Waals surface area contributed by atoms with E-state index in [2.05, 4.69) is 9.47 Å². The van der Waals surface area contributed by atoms with Gasteiger partial charge in [-0.2, -0.15) is 0 Å². The van der Waals surface area contributed by atoms with Crippen molar-refractivity contribution in [1.82, 2.24) is 0 Å². The van der Waals surface area contributed by atoms with Crippen molar-refractivity contribution in [2.24, 2.45) is 0 Å².